The highest BCUT2D eigenvalue weighted by atomic mass is 32.2. The average Bonchev–Trinajstić information content (AvgIpc) is 3.13. The molecule has 29 heavy (non-hydrogen) atoms. The molecule has 0 saturated carbocycles. The van der Waals surface area contributed by atoms with E-state index in [2.05, 4.69) is 0 Å². The van der Waals surface area contributed by atoms with E-state index in [-0.39, 0.29) is 18.0 Å². The molecule has 6 nitrogen and oxygen atoms in total. The summed E-state index contributed by atoms with van der Waals surface area (Å²) in [4.78, 5) is 0.128. The fraction of sp³-hybridized carbons (Fsp3) is 0.429. The molecule has 0 aromatic heterocycles. The fourth-order valence-electron chi connectivity index (χ4n) is 3.31. The third kappa shape index (κ3) is 4.49. The van der Waals surface area contributed by atoms with E-state index < -0.39 is 29.9 Å². The molecular formula is C21H27NO5S2. The van der Waals surface area contributed by atoms with Gasteiger partial charge in [0.25, 0.3) is 0 Å². The Balaban J connectivity index is 1.75. The highest BCUT2D eigenvalue weighted by Crippen LogP contribution is 2.31. The van der Waals surface area contributed by atoms with Crippen molar-refractivity contribution in [2.45, 2.75) is 49.0 Å². The molecule has 0 bridgehead atoms. The predicted octanol–water partition coefficient (Wildman–Crippen LogP) is 3.76. The molecular weight excluding hydrogens is 410 g/mol. The third-order valence-corrected chi connectivity index (χ3v) is 9.94. The van der Waals surface area contributed by atoms with E-state index in [9.17, 15) is 16.8 Å². The van der Waals surface area contributed by atoms with Crippen molar-refractivity contribution in [3.05, 3.63) is 54.1 Å². The summed E-state index contributed by atoms with van der Waals surface area (Å²) >= 11 is 0. The second-order valence-corrected chi connectivity index (χ2v) is 13.2. The summed E-state index contributed by atoms with van der Waals surface area (Å²) in [5.74, 6) is 1.21. The highest BCUT2D eigenvalue weighted by molar-refractivity contribution is 7.93. The number of ether oxygens (including phenoxy) is 1. The molecule has 0 spiro atoms. The molecule has 0 N–H and O–H groups in total. The number of hydrogen-bond acceptors (Lipinski definition) is 5. The number of aryl methyl sites for hydroxylation is 1. The summed E-state index contributed by atoms with van der Waals surface area (Å²) in [6.07, 6.45) is 0.313. The van der Waals surface area contributed by atoms with Gasteiger partial charge in [-0.1, -0.05) is 12.1 Å². The number of rotatable bonds is 5. The van der Waals surface area contributed by atoms with Crippen molar-refractivity contribution in [1.82, 2.24) is 4.31 Å². The van der Waals surface area contributed by atoms with E-state index in [1.165, 1.54) is 16.4 Å². The van der Waals surface area contributed by atoms with Crippen molar-refractivity contribution in [1.29, 1.82) is 0 Å². The van der Waals surface area contributed by atoms with Crippen LogP contribution < -0.4 is 4.74 Å². The van der Waals surface area contributed by atoms with E-state index >= 15 is 0 Å². The van der Waals surface area contributed by atoms with Crippen LogP contribution in [0.1, 0.15) is 32.8 Å². The van der Waals surface area contributed by atoms with Gasteiger partial charge in [0, 0.05) is 13.1 Å². The van der Waals surface area contributed by atoms with Gasteiger partial charge in [0.2, 0.25) is 10.0 Å². The van der Waals surface area contributed by atoms with E-state index in [0.29, 0.717) is 17.9 Å². The first-order valence-electron chi connectivity index (χ1n) is 9.49. The molecule has 2 aromatic rings. The van der Waals surface area contributed by atoms with Gasteiger partial charge < -0.3 is 4.74 Å². The van der Waals surface area contributed by atoms with Gasteiger partial charge in [0.15, 0.2) is 9.84 Å². The molecule has 1 aliphatic heterocycles. The normalized spacial score (nSPS) is 18.7. The van der Waals surface area contributed by atoms with E-state index in [0.717, 1.165) is 5.56 Å². The lowest BCUT2D eigenvalue weighted by Gasteiger charge is -2.24. The summed E-state index contributed by atoms with van der Waals surface area (Å²) in [7, 11) is -7.18. The van der Waals surface area contributed by atoms with Crippen LogP contribution in [0.25, 0.3) is 0 Å². The Morgan fingerprint density at radius 2 is 1.62 bits per heavy atom. The average molecular weight is 438 g/mol. The first kappa shape index (κ1) is 21.8. The zero-order chi connectivity index (χ0) is 21.4. The van der Waals surface area contributed by atoms with E-state index in [1.54, 1.807) is 32.9 Å². The van der Waals surface area contributed by atoms with E-state index in [4.69, 9.17) is 4.74 Å². The molecule has 0 aliphatic carbocycles. The Hall–Kier alpha value is -1.90. The molecule has 3 rings (SSSR count). The zero-order valence-electron chi connectivity index (χ0n) is 17.1. The van der Waals surface area contributed by atoms with Crippen molar-refractivity contribution >= 4 is 19.9 Å². The Morgan fingerprint density at radius 1 is 0.966 bits per heavy atom. The lowest BCUT2D eigenvalue weighted by Crippen LogP contribution is -2.39. The van der Waals surface area contributed by atoms with Gasteiger partial charge in [-0.25, -0.2) is 16.8 Å². The van der Waals surface area contributed by atoms with Crippen LogP contribution in [-0.4, -0.2) is 44.2 Å². The van der Waals surface area contributed by atoms with Crippen LogP contribution in [0.3, 0.4) is 0 Å². The number of benzene rings is 2. The SMILES string of the molecule is Cc1cccc(Oc2ccc(S(=O)(=O)N3CCC(S(=O)(=O)C(C)(C)C)C3)cc2)c1. The second kappa shape index (κ2) is 7.74. The summed E-state index contributed by atoms with van der Waals surface area (Å²) in [5.41, 5.74) is 1.07. The van der Waals surface area contributed by atoms with Crippen LogP contribution in [0.5, 0.6) is 11.5 Å². The van der Waals surface area contributed by atoms with Gasteiger partial charge in [-0.15, -0.1) is 0 Å². The summed E-state index contributed by atoms with van der Waals surface area (Å²) in [6, 6.07) is 13.8. The molecule has 158 valence electrons. The monoisotopic (exact) mass is 437 g/mol. The molecule has 0 radical (unpaired) electrons. The van der Waals surface area contributed by atoms with Crippen molar-refractivity contribution < 1.29 is 21.6 Å². The largest absolute Gasteiger partial charge is 0.457 e. The maximum atomic E-state index is 13.0. The van der Waals surface area contributed by atoms with Crippen LogP contribution in [0, 0.1) is 6.92 Å². The van der Waals surface area contributed by atoms with Crippen LogP contribution in [0.15, 0.2) is 53.4 Å². The molecule has 0 amide bonds. The van der Waals surface area contributed by atoms with Gasteiger partial charge in [-0.3, -0.25) is 0 Å². The summed E-state index contributed by atoms with van der Waals surface area (Å²) < 4.78 is 57.4. The third-order valence-electron chi connectivity index (χ3n) is 5.09. The molecule has 1 fully saturated rings. The highest BCUT2D eigenvalue weighted by Gasteiger charge is 2.43. The van der Waals surface area contributed by atoms with Crippen LogP contribution >= 0.6 is 0 Å². The van der Waals surface area contributed by atoms with Crippen LogP contribution in [0.4, 0.5) is 0 Å². The summed E-state index contributed by atoms with van der Waals surface area (Å²) in [6.45, 7) is 7.09. The van der Waals surface area contributed by atoms with Crippen molar-refractivity contribution in [3.63, 3.8) is 0 Å². The number of sulfone groups is 1. The standard InChI is InChI=1S/C21H27NO5S2/c1-16-6-5-7-18(14-16)27-17-8-10-19(11-9-17)29(25,26)22-13-12-20(15-22)28(23,24)21(2,3)4/h5-11,14,20H,12-13,15H2,1-4H3. The first-order valence-corrected chi connectivity index (χ1v) is 12.5. The number of nitrogens with zero attached hydrogens (tertiary/aromatic N) is 1. The van der Waals surface area contributed by atoms with Crippen molar-refractivity contribution in [3.8, 4) is 11.5 Å². The molecule has 1 aliphatic rings. The molecule has 1 heterocycles. The molecule has 1 saturated heterocycles. The topological polar surface area (TPSA) is 80.8 Å². The minimum atomic E-state index is -3.76. The van der Waals surface area contributed by atoms with Crippen LogP contribution in [0.2, 0.25) is 0 Å². The molecule has 8 heteroatoms. The van der Waals surface area contributed by atoms with Gasteiger partial charge in [0.1, 0.15) is 11.5 Å². The lowest BCUT2D eigenvalue weighted by atomic mass is 10.2. The lowest BCUT2D eigenvalue weighted by molar-refractivity contribution is 0.473. The molecule has 2 aromatic carbocycles. The maximum Gasteiger partial charge on any atom is 0.243 e. The fourth-order valence-corrected chi connectivity index (χ4v) is 6.70. The first-order chi connectivity index (χ1) is 13.4. The Bertz CT molecular complexity index is 1080. The zero-order valence-corrected chi connectivity index (χ0v) is 18.8. The van der Waals surface area contributed by atoms with Crippen LogP contribution in [-0.2, 0) is 19.9 Å². The van der Waals surface area contributed by atoms with Gasteiger partial charge in [-0.2, -0.15) is 4.31 Å². The molecule has 1 atom stereocenters. The number of sulfonamides is 1. The van der Waals surface area contributed by atoms with Gasteiger partial charge >= 0.3 is 0 Å². The minimum absolute atomic E-state index is 0.0104. The Kier molecular flexibility index (Phi) is 5.82. The van der Waals surface area contributed by atoms with Crippen molar-refractivity contribution in [2.24, 2.45) is 0 Å². The second-order valence-electron chi connectivity index (χ2n) is 8.32. The smallest absolute Gasteiger partial charge is 0.243 e. The Labute approximate surface area is 173 Å². The quantitative estimate of drug-likeness (QED) is 0.711. The summed E-state index contributed by atoms with van der Waals surface area (Å²) in [5, 5.41) is -0.679. The molecule has 1 unspecified atom stereocenters. The maximum absolute atomic E-state index is 13.0. The predicted molar refractivity (Wildman–Crippen MR) is 114 cm³/mol. The Morgan fingerprint density at radius 3 is 2.21 bits per heavy atom. The number of hydrogen-bond donors (Lipinski definition) is 0. The van der Waals surface area contributed by atoms with Gasteiger partial charge in [0.05, 0.1) is 14.9 Å². The van der Waals surface area contributed by atoms with Crippen molar-refractivity contribution in [2.75, 3.05) is 13.1 Å². The van der Waals surface area contributed by atoms with E-state index in [1.807, 2.05) is 31.2 Å². The minimum Gasteiger partial charge on any atom is -0.457 e. The van der Waals surface area contributed by atoms with Gasteiger partial charge in [-0.05, 0) is 76.1 Å².